The summed E-state index contributed by atoms with van der Waals surface area (Å²) < 4.78 is 5.60. The van der Waals surface area contributed by atoms with Crippen LogP contribution >= 0.6 is 0 Å². The Hall–Kier alpha value is -3.33. The smallest absolute Gasteiger partial charge is 0.221 e. The van der Waals surface area contributed by atoms with Crippen LogP contribution in [0.3, 0.4) is 0 Å². The van der Waals surface area contributed by atoms with Crippen molar-refractivity contribution in [3.05, 3.63) is 82.9 Å². The molecule has 140 valence electrons. The lowest BCUT2D eigenvalue weighted by Gasteiger charge is -2.10. The van der Waals surface area contributed by atoms with Crippen LogP contribution in [0.2, 0.25) is 0 Å². The van der Waals surface area contributed by atoms with E-state index in [0.29, 0.717) is 0 Å². The van der Waals surface area contributed by atoms with E-state index in [9.17, 15) is 4.79 Å². The first-order valence-corrected chi connectivity index (χ1v) is 9.51. The maximum Gasteiger partial charge on any atom is 0.221 e. The number of amides is 1. The Morgan fingerprint density at radius 3 is 2.50 bits per heavy atom. The van der Waals surface area contributed by atoms with E-state index >= 15 is 0 Å². The van der Waals surface area contributed by atoms with Crippen LogP contribution < -0.4 is 10.5 Å². The lowest BCUT2D eigenvalue weighted by atomic mass is 9.97. The largest absolute Gasteiger partial charge is 0.496 e. The molecule has 3 aromatic rings. The fourth-order valence-corrected chi connectivity index (χ4v) is 4.12. The van der Waals surface area contributed by atoms with Gasteiger partial charge in [0.1, 0.15) is 5.75 Å². The van der Waals surface area contributed by atoms with Crippen molar-refractivity contribution in [1.82, 2.24) is 0 Å². The summed E-state index contributed by atoms with van der Waals surface area (Å²) >= 11 is 0. The lowest BCUT2D eigenvalue weighted by Crippen LogP contribution is -2.11. The summed E-state index contributed by atoms with van der Waals surface area (Å²) in [6, 6.07) is 20.8. The van der Waals surface area contributed by atoms with Gasteiger partial charge in [-0.2, -0.15) is 0 Å². The maximum absolute atomic E-state index is 11.8. The Bertz CT molecular complexity index is 1140. The molecule has 0 fully saturated rings. The van der Waals surface area contributed by atoms with Gasteiger partial charge in [-0.3, -0.25) is 4.79 Å². The maximum atomic E-state index is 11.8. The van der Waals surface area contributed by atoms with Crippen molar-refractivity contribution in [1.29, 1.82) is 0 Å². The summed E-state index contributed by atoms with van der Waals surface area (Å²) in [6.07, 6.45) is 3.24. The molecule has 0 saturated carbocycles. The molecule has 1 aliphatic carbocycles. The van der Waals surface area contributed by atoms with Crippen molar-refractivity contribution in [2.45, 2.75) is 19.8 Å². The monoisotopic (exact) mass is 369 g/mol. The highest BCUT2D eigenvalue weighted by Crippen LogP contribution is 2.48. The molecule has 0 atom stereocenters. The number of rotatable bonds is 5. The molecule has 1 aliphatic rings. The molecule has 3 nitrogen and oxygen atoms in total. The van der Waals surface area contributed by atoms with Crippen LogP contribution in [0, 0.1) is 0 Å². The molecule has 28 heavy (non-hydrogen) atoms. The van der Waals surface area contributed by atoms with Crippen molar-refractivity contribution in [3.63, 3.8) is 0 Å². The minimum absolute atomic E-state index is 0.214. The van der Waals surface area contributed by atoms with Crippen LogP contribution in [0.4, 0.5) is 0 Å². The van der Waals surface area contributed by atoms with E-state index in [2.05, 4.69) is 55.5 Å². The molecular weight excluding hydrogens is 346 g/mol. The molecule has 2 N–H and O–H groups in total. The quantitative estimate of drug-likeness (QED) is 0.651. The van der Waals surface area contributed by atoms with E-state index in [4.69, 9.17) is 10.5 Å². The van der Waals surface area contributed by atoms with Gasteiger partial charge < -0.3 is 10.5 Å². The number of carbonyl (C=O) groups excluding carboxylic acids is 1. The summed E-state index contributed by atoms with van der Waals surface area (Å²) in [7, 11) is 1.66. The minimum atomic E-state index is -0.329. The highest BCUT2D eigenvalue weighted by Gasteiger charge is 2.28. The van der Waals surface area contributed by atoms with E-state index in [1.807, 2.05) is 18.2 Å². The van der Waals surface area contributed by atoms with Gasteiger partial charge in [0.25, 0.3) is 0 Å². The van der Waals surface area contributed by atoms with Crippen LogP contribution in [0.15, 0.2) is 66.2 Å². The Labute approximate surface area is 165 Å². The lowest BCUT2D eigenvalue weighted by molar-refractivity contribution is -0.117. The predicted octanol–water partition coefficient (Wildman–Crippen LogP) is 5.44. The molecule has 0 bridgehead atoms. The summed E-state index contributed by atoms with van der Waals surface area (Å²) in [4.78, 5) is 11.8. The molecule has 3 aromatic carbocycles. The highest BCUT2D eigenvalue weighted by atomic mass is 16.5. The number of nitrogens with two attached hydrogens (primary N) is 1. The normalized spacial score (nSPS) is 14.6. The second-order valence-electron chi connectivity index (χ2n) is 7.00. The van der Waals surface area contributed by atoms with Crippen molar-refractivity contribution < 1.29 is 9.53 Å². The Morgan fingerprint density at radius 1 is 1.00 bits per heavy atom. The van der Waals surface area contributed by atoms with Crippen molar-refractivity contribution in [2.75, 3.05) is 7.11 Å². The fraction of sp³-hybridized carbons (Fsp3) is 0.160. The summed E-state index contributed by atoms with van der Waals surface area (Å²) in [5, 5.41) is 2.43. The van der Waals surface area contributed by atoms with E-state index in [1.165, 1.54) is 10.8 Å². The van der Waals surface area contributed by atoms with Gasteiger partial charge in [-0.15, -0.1) is 0 Å². The first-order valence-electron chi connectivity index (χ1n) is 9.51. The summed E-state index contributed by atoms with van der Waals surface area (Å²) in [5.74, 6) is 0.450. The number of ether oxygens (including phenoxy) is 1. The summed E-state index contributed by atoms with van der Waals surface area (Å²) in [5.41, 5.74) is 12.1. The molecular formula is C25H23NO2. The van der Waals surface area contributed by atoms with E-state index in [0.717, 1.165) is 45.6 Å². The van der Waals surface area contributed by atoms with E-state index in [1.54, 1.807) is 7.11 Å². The number of hydrogen-bond acceptors (Lipinski definition) is 2. The molecule has 0 radical (unpaired) electrons. The third-order valence-corrected chi connectivity index (χ3v) is 5.32. The topological polar surface area (TPSA) is 52.3 Å². The number of fused-ring (bicyclic) bond motifs is 2. The fourth-order valence-electron chi connectivity index (χ4n) is 4.12. The molecule has 3 heteroatoms. The third kappa shape index (κ3) is 3.09. The van der Waals surface area contributed by atoms with Gasteiger partial charge in [0.2, 0.25) is 5.91 Å². The van der Waals surface area contributed by atoms with Crippen LogP contribution in [-0.4, -0.2) is 13.0 Å². The van der Waals surface area contributed by atoms with Gasteiger partial charge in [-0.25, -0.2) is 0 Å². The number of benzene rings is 3. The van der Waals surface area contributed by atoms with Crippen LogP contribution in [-0.2, 0) is 4.79 Å². The van der Waals surface area contributed by atoms with Crippen molar-refractivity contribution >= 4 is 33.9 Å². The number of hydrogen-bond donors (Lipinski definition) is 1. The van der Waals surface area contributed by atoms with Crippen molar-refractivity contribution in [2.24, 2.45) is 5.73 Å². The molecule has 0 saturated heterocycles. The molecule has 4 rings (SSSR count). The first kappa shape index (κ1) is 18.1. The Kier molecular flexibility index (Phi) is 4.74. The average Bonchev–Trinajstić information content (AvgIpc) is 3.00. The second kappa shape index (κ2) is 7.35. The zero-order valence-electron chi connectivity index (χ0n) is 16.2. The van der Waals surface area contributed by atoms with Crippen LogP contribution in [0.5, 0.6) is 5.75 Å². The third-order valence-electron chi connectivity index (χ3n) is 5.32. The molecule has 0 heterocycles. The molecule has 0 aliphatic heterocycles. The van der Waals surface area contributed by atoms with Gasteiger partial charge in [0.15, 0.2) is 0 Å². The zero-order chi connectivity index (χ0) is 19.7. The van der Waals surface area contributed by atoms with E-state index < -0.39 is 0 Å². The van der Waals surface area contributed by atoms with Gasteiger partial charge in [0.05, 0.1) is 13.5 Å². The number of methoxy groups -OCH3 is 1. The zero-order valence-corrected chi connectivity index (χ0v) is 16.2. The number of carbonyl (C=O) groups is 1. The highest BCUT2D eigenvalue weighted by molar-refractivity contribution is 6.09. The number of allylic oxidation sites excluding steroid dienone is 2. The first-order chi connectivity index (χ1) is 13.6. The van der Waals surface area contributed by atoms with Crippen LogP contribution in [0.25, 0.3) is 28.0 Å². The molecule has 0 unspecified atom stereocenters. The SMILES string of the molecule is CCC1=C(CC(N)=O)c2c(OC)cccc2C1=Cc1ccc2ccccc2c1. The molecule has 1 amide bonds. The van der Waals surface area contributed by atoms with Crippen LogP contribution in [0.1, 0.15) is 36.5 Å². The molecule has 0 aromatic heterocycles. The van der Waals surface area contributed by atoms with Crippen molar-refractivity contribution in [3.8, 4) is 5.75 Å². The van der Waals surface area contributed by atoms with Gasteiger partial charge in [-0.1, -0.05) is 55.5 Å². The average molecular weight is 369 g/mol. The molecule has 0 spiro atoms. The Balaban J connectivity index is 1.93. The standard InChI is InChI=1S/C25H23NO2/c1-3-19-21(14-16-11-12-17-7-4-5-8-18(17)13-16)20-9-6-10-23(28-2)25(20)22(19)15-24(26)27/h4-14H,3,15H2,1-2H3,(H2,26,27). The van der Waals surface area contributed by atoms with Gasteiger partial charge in [0, 0.05) is 5.56 Å². The second-order valence-corrected chi connectivity index (χ2v) is 7.00. The van der Waals surface area contributed by atoms with E-state index in [-0.39, 0.29) is 12.3 Å². The predicted molar refractivity (Wildman–Crippen MR) is 116 cm³/mol. The summed E-state index contributed by atoms with van der Waals surface area (Å²) in [6.45, 7) is 2.11. The minimum Gasteiger partial charge on any atom is -0.496 e. The van der Waals surface area contributed by atoms with Gasteiger partial charge in [-0.05, 0) is 63.2 Å². The number of primary amides is 1. The Morgan fingerprint density at radius 2 is 1.79 bits per heavy atom. The van der Waals surface area contributed by atoms with Gasteiger partial charge >= 0.3 is 0 Å².